The highest BCUT2D eigenvalue weighted by molar-refractivity contribution is 9.10. The van der Waals surface area contributed by atoms with E-state index in [1.807, 2.05) is 50.8 Å². The first-order chi connectivity index (χ1) is 9.54. The summed E-state index contributed by atoms with van der Waals surface area (Å²) in [6.07, 6.45) is 4.37. The number of aromatic nitrogens is 2. The van der Waals surface area contributed by atoms with Crippen LogP contribution < -0.4 is 0 Å². The molecular weight excluding hydrogens is 318 g/mol. The molecule has 0 N–H and O–H groups in total. The molecular formula is C15H18BrN3O. The molecule has 1 aromatic heterocycles. The fraction of sp³-hybridized carbons (Fsp3) is 0.333. The molecule has 0 aliphatic carbocycles. The topological polar surface area (TPSA) is 38.1 Å². The standard InChI is InChI=1S/C15H18BrN3O/c1-18(10-12-9-17-19(2)11-12)7-6-15(20)13-4-3-5-14(16)8-13/h3-5,8-9,11H,6-7,10H2,1-2H3. The second-order valence-electron chi connectivity index (χ2n) is 4.94. The second-order valence-corrected chi connectivity index (χ2v) is 5.86. The summed E-state index contributed by atoms with van der Waals surface area (Å²) in [7, 11) is 3.92. The minimum absolute atomic E-state index is 0.171. The lowest BCUT2D eigenvalue weighted by atomic mass is 10.1. The number of ketones is 1. The molecule has 20 heavy (non-hydrogen) atoms. The lowest BCUT2D eigenvalue weighted by molar-refractivity contribution is 0.0968. The van der Waals surface area contributed by atoms with Crippen LogP contribution >= 0.6 is 15.9 Å². The summed E-state index contributed by atoms with van der Waals surface area (Å²) in [5, 5.41) is 4.14. The molecule has 2 rings (SSSR count). The van der Waals surface area contributed by atoms with Gasteiger partial charge in [-0.2, -0.15) is 5.10 Å². The molecule has 0 spiro atoms. The second kappa shape index (κ2) is 6.81. The molecule has 0 saturated heterocycles. The third-order valence-corrected chi connectivity index (χ3v) is 3.57. The Morgan fingerprint density at radius 3 is 2.90 bits per heavy atom. The zero-order chi connectivity index (χ0) is 14.5. The zero-order valence-electron chi connectivity index (χ0n) is 11.7. The zero-order valence-corrected chi connectivity index (χ0v) is 13.3. The molecule has 0 unspecified atom stereocenters. The van der Waals surface area contributed by atoms with E-state index in [2.05, 4.69) is 25.9 Å². The summed E-state index contributed by atoms with van der Waals surface area (Å²) < 4.78 is 2.72. The van der Waals surface area contributed by atoms with Gasteiger partial charge in [0.15, 0.2) is 5.78 Å². The highest BCUT2D eigenvalue weighted by Crippen LogP contribution is 2.13. The molecule has 0 saturated carbocycles. The van der Waals surface area contributed by atoms with Crippen LogP contribution in [0, 0.1) is 0 Å². The molecule has 2 aromatic rings. The number of benzene rings is 1. The van der Waals surface area contributed by atoms with E-state index in [0.717, 1.165) is 28.7 Å². The van der Waals surface area contributed by atoms with Crippen LogP contribution in [0.5, 0.6) is 0 Å². The van der Waals surface area contributed by atoms with Crippen LogP contribution in [0.25, 0.3) is 0 Å². The van der Waals surface area contributed by atoms with Crippen molar-refractivity contribution in [2.45, 2.75) is 13.0 Å². The lowest BCUT2D eigenvalue weighted by Crippen LogP contribution is -2.21. The average Bonchev–Trinajstić information content (AvgIpc) is 2.81. The van der Waals surface area contributed by atoms with Crippen LogP contribution in [-0.4, -0.2) is 34.1 Å². The van der Waals surface area contributed by atoms with Crippen molar-refractivity contribution in [3.63, 3.8) is 0 Å². The third kappa shape index (κ3) is 4.28. The summed E-state index contributed by atoms with van der Waals surface area (Å²) in [4.78, 5) is 14.2. The number of halogens is 1. The first-order valence-electron chi connectivity index (χ1n) is 6.49. The van der Waals surface area contributed by atoms with E-state index in [1.165, 1.54) is 0 Å². The molecule has 0 fully saturated rings. The van der Waals surface area contributed by atoms with Gasteiger partial charge in [0.2, 0.25) is 0 Å². The molecule has 0 amide bonds. The van der Waals surface area contributed by atoms with Crippen LogP contribution in [0.1, 0.15) is 22.3 Å². The Bertz CT molecular complexity index is 594. The van der Waals surface area contributed by atoms with Gasteiger partial charge in [0.05, 0.1) is 6.20 Å². The van der Waals surface area contributed by atoms with Gasteiger partial charge < -0.3 is 4.90 Å². The SMILES string of the molecule is CN(CCC(=O)c1cccc(Br)c1)Cc1cnn(C)c1. The predicted molar refractivity (Wildman–Crippen MR) is 82.6 cm³/mol. The number of nitrogens with zero attached hydrogens (tertiary/aromatic N) is 3. The fourth-order valence-electron chi connectivity index (χ4n) is 2.04. The van der Waals surface area contributed by atoms with Crippen LogP contribution in [-0.2, 0) is 13.6 Å². The fourth-order valence-corrected chi connectivity index (χ4v) is 2.44. The number of aryl methyl sites for hydroxylation is 1. The Hall–Kier alpha value is -1.46. The van der Waals surface area contributed by atoms with Crippen molar-refractivity contribution in [3.8, 4) is 0 Å². The predicted octanol–water partition coefficient (Wildman–Crippen LogP) is 2.89. The Morgan fingerprint density at radius 2 is 2.25 bits per heavy atom. The quantitative estimate of drug-likeness (QED) is 0.762. The van der Waals surface area contributed by atoms with E-state index in [1.54, 1.807) is 4.68 Å². The van der Waals surface area contributed by atoms with Gasteiger partial charge in [0, 0.05) is 48.4 Å². The molecule has 0 radical (unpaired) electrons. The van der Waals surface area contributed by atoms with Gasteiger partial charge in [0.1, 0.15) is 0 Å². The molecule has 0 aliphatic rings. The van der Waals surface area contributed by atoms with E-state index in [4.69, 9.17) is 0 Å². The molecule has 1 aromatic carbocycles. The van der Waals surface area contributed by atoms with Crippen molar-refractivity contribution in [1.82, 2.24) is 14.7 Å². The molecule has 1 heterocycles. The molecule has 4 nitrogen and oxygen atoms in total. The number of hydrogen-bond donors (Lipinski definition) is 0. The number of carbonyl (C=O) groups excluding carboxylic acids is 1. The van der Waals surface area contributed by atoms with Crippen LogP contribution in [0.3, 0.4) is 0 Å². The largest absolute Gasteiger partial charge is 0.302 e. The highest BCUT2D eigenvalue weighted by atomic mass is 79.9. The summed E-state index contributed by atoms with van der Waals surface area (Å²) in [5.74, 6) is 0.171. The first kappa shape index (κ1) is 14.9. The molecule has 0 bridgehead atoms. The Balaban J connectivity index is 1.84. The van der Waals surface area contributed by atoms with E-state index in [-0.39, 0.29) is 5.78 Å². The van der Waals surface area contributed by atoms with Crippen molar-refractivity contribution in [1.29, 1.82) is 0 Å². The van der Waals surface area contributed by atoms with Crippen molar-refractivity contribution in [3.05, 3.63) is 52.3 Å². The van der Waals surface area contributed by atoms with Gasteiger partial charge in [0.25, 0.3) is 0 Å². The number of rotatable bonds is 6. The van der Waals surface area contributed by atoms with Gasteiger partial charge in [-0.05, 0) is 19.2 Å². The van der Waals surface area contributed by atoms with E-state index >= 15 is 0 Å². The molecule has 0 atom stereocenters. The molecule has 0 aliphatic heterocycles. The van der Waals surface area contributed by atoms with E-state index in [0.29, 0.717) is 6.42 Å². The average molecular weight is 336 g/mol. The molecule has 106 valence electrons. The third-order valence-electron chi connectivity index (χ3n) is 3.08. The maximum Gasteiger partial charge on any atom is 0.164 e. The Labute approximate surface area is 127 Å². The number of carbonyl (C=O) groups is 1. The van der Waals surface area contributed by atoms with Crippen molar-refractivity contribution < 1.29 is 4.79 Å². The van der Waals surface area contributed by atoms with Gasteiger partial charge in [-0.3, -0.25) is 9.48 Å². The minimum atomic E-state index is 0.171. The lowest BCUT2D eigenvalue weighted by Gasteiger charge is -2.14. The Morgan fingerprint density at radius 1 is 1.45 bits per heavy atom. The number of Topliss-reactive ketones (excluding diaryl/α,β-unsaturated/α-hetero) is 1. The summed E-state index contributed by atoms with van der Waals surface area (Å²) in [5.41, 5.74) is 1.92. The van der Waals surface area contributed by atoms with Crippen molar-refractivity contribution >= 4 is 21.7 Å². The summed E-state index contributed by atoms with van der Waals surface area (Å²) >= 11 is 3.39. The maximum absolute atomic E-state index is 12.1. The maximum atomic E-state index is 12.1. The van der Waals surface area contributed by atoms with Crippen LogP contribution in [0.15, 0.2) is 41.1 Å². The summed E-state index contributed by atoms with van der Waals surface area (Å²) in [6, 6.07) is 7.53. The van der Waals surface area contributed by atoms with Crippen LogP contribution in [0.4, 0.5) is 0 Å². The normalized spacial score (nSPS) is 11.0. The minimum Gasteiger partial charge on any atom is -0.302 e. The van der Waals surface area contributed by atoms with Crippen LogP contribution in [0.2, 0.25) is 0 Å². The van der Waals surface area contributed by atoms with E-state index in [9.17, 15) is 4.79 Å². The molecule has 5 heteroatoms. The van der Waals surface area contributed by atoms with Crippen molar-refractivity contribution in [2.75, 3.05) is 13.6 Å². The van der Waals surface area contributed by atoms with Gasteiger partial charge in [-0.15, -0.1) is 0 Å². The first-order valence-corrected chi connectivity index (χ1v) is 7.29. The van der Waals surface area contributed by atoms with Gasteiger partial charge in [-0.1, -0.05) is 28.1 Å². The van der Waals surface area contributed by atoms with Crippen molar-refractivity contribution in [2.24, 2.45) is 7.05 Å². The Kier molecular flexibility index (Phi) is 5.09. The number of hydrogen-bond acceptors (Lipinski definition) is 3. The summed E-state index contributed by atoms with van der Waals surface area (Å²) in [6.45, 7) is 1.54. The van der Waals surface area contributed by atoms with Gasteiger partial charge in [-0.25, -0.2) is 0 Å². The monoisotopic (exact) mass is 335 g/mol. The highest BCUT2D eigenvalue weighted by Gasteiger charge is 2.09. The van der Waals surface area contributed by atoms with E-state index < -0.39 is 0 Å². The van der Waals surface area contributed by atoms with Gasteiger partial charge >= 0.3 is 0 Å². The smallest absolute Gasteiger partial charge is 0.164 e.